The van der Waals surface area contributed by atoms with E-state index in [4.69, 9.17) is 18.2 Å². The second-order valence-corrected chi connectivity index (χ2v) is 6.05. The first-order chi connectivity index (χ1) is 11.8. The maximum Gasteiger partial charge on any atom is 0.209 e. The van der Waals surface area contributed by atoms with Gasteiger partial charge < -0.3 is 4.90 Å². The zero-order chi connectivity index (χ0) is 16.8. The number of piperazine rings is 1. The van der Waals surface area contributed by atoms with Crippen molar-refractivity contribution in [3.8, 4) is 11.8 Å². The first kappa shape index (κ1) is 16.4. The Kier molecular flexibility index (Phi) is 5.39. The Hall–Kier alpha value is -2.46. The highest BCUT2D eigenvalue weighted by Gasteiger charge is 2.18. The molecule has 0 unspecified atom stereocenters. The van der Waals surface area contributed by atoms with Gasteiger partial charge in [0, 0.05) is 37.4 Å². The lowest BCUT2D eigenvalue weighted by atomic mass is 10.2. The van der Waals surface area contributed by atoms with Crippen molar-refractivity contribution in [1.29, 1.82) is 0 Å². The van der Waals surface area contributed by atoms with Crippen molar-refractivity contribution in [2.75, 3.05) is 37.6 Å². The Balaban J connectivity index is 1.57. The first-order valence-electron chi connectivity index (χ1n) is 7.95. The van der Waals surface area contributed by atoms with E-state index in [1.807, 2.05) is 48.5 Å². The van der Waals surface area contributed by atoms with Gasteiger partial charge in [0.15, 0.2) is 0 Å². The molecule has 1 aliphatic rings. The summed E-state index contributed by atoms with van der Waals surface area (Å²) in [7, 11) is 0. The maximum atomic E-state index is 7.29. The summed E-state index contributed by atoms with van der Waals surface area (Å²) < 4.78 is 0. The molecule has 0 radical (unpaired) electrons. The standard InChI is InChI=1S/C20H18ClN3/c1-22-19-10-4-5-11-20(19)24-15-13-23(14-16-24)12-6-8-17-7-2-3-9-18(17)21/h2-5,7,9-11H,12-16H2. The van der Waals surface area contributed by atoms with E-state index in [1.54, 1.807) is 0 Å². The molecular weight excluding hydrogens is 318 g/mol. The highest BCUT2D eigenvalue weighted by atomic mass is 35.5. The molecule has 1 saturated heterocycles. The van der Waals surface area contributed by atoms with Crippen LogP contribution in [0.2, 0.25) is 5.02 Å². The molecule has 3 rings (SSSR count). The molecule has 0 spiro atoms. The van der Waals surface area contributed by atoms with E-state index in [-0.39, 0.29) is 0 Å². The van der Waals surface area contributed by atoms with Crippen molar-refractivity contribution >= 4 is 23.0 Å². The van der Waals surface area contributed by atoms with E-state index in [0.717, 1.165) is 49.7 Å². The van der Waals surface area contributed by atoms with E-state index in [9.17, 15) is 0 Å². The second-order valence-electron chi connectivity index (χ2n) is 5.65. The molecule has 120 valence electrons. The van der Waals surface area contributed by atoms with E-state index < -0.39 is 0 Å². The zero-order valence-electron chi connectivity index (χ0n) is 13.4. The van der Waals surface area contributed by atoms with Crippen molar-refractivity contribution in [2.24, 2.45) is 0 Å². The molecule has 24 heavy (non-hydrogen) atoms. The normalized spacial score (nSPS) is 14.6. The van der Waals surface area contributed by atoms with Crippen LogP contribution in [0.1, 0.15) is 5.56 Å². The van der Waals surface area contributed by atoms with Gasteiger partial charge in [-0.3, -0.25) is 4.90 Å². The fraction of sp³-hybridized carbons (Fsp3) is 0.250. The summed E-state index contributed by atoms with van der Waals surface area (Å²) in [6, 6.07) is 15.5. The highest BCUT2D eigenvalue weighted by Crippen LogP contribution is 2.28. The van der Waals surface area contributed by atoms with Gasteiger partial charge in [-0.1, -0.05) is 53.8 Å². The van der Waals surface area contributed by atoms with E-state index in [1.165, 1.54) is 0 Å². The number of rotatable bonds is 2. The Morgan fingerprint density at radius 3 is 2.46 bits per heavy atom. The van der Waals surface area contributed by atoms with Crippen LogP contribution in [0.4, 0.5) is 11.4 Å². The molecule has 0 aliphatic carbocycles. The Morgan fingerprint density at radius 2 is 1.71 bits per heavy atom. The summed E-state index contributed by atoms with van der Waals surface area (Å²) in [5.74, 6) is 6.36. The number of nitrogens with zero attached hydrogens (tertiary/aromatic N) is 3. The lowest BCUT2D eigenvalue weighted by Gasteiger charge is -2.35. The SMILES string of the molecule is [C-]#[N+]c1ccccc1N1CCN(CC#Cc2ccccc2Cl)CC1. The molecule has 0 amide bonds. The first-order valence-corrected chi connectivity index (χ1v) is 8.33. The molecule has 0 bridgehead atoms. The Bertz CT molecular complexity index is 805. The maximum absolute atomic E-state index is 7.29. The predicted octanol–water partition coefficient (Wildman–Crippen LogP) is 4.06. The molecule has 3 nitrogen and oxygen atoms in total. The Morgan fingerprint density at radius 1 is 1.00 bits per heavy atom. The van der Waals surface area contributed by atoms with Crippen molar-refractivity contribution in [3.05, 3.63) is 70.5 Å². The molecule has 0 saturated carbocycles. The van der Waals surface area contributed by atoms with Crippen LogP contribution in [0.15, 0.2) is 48.5 Å². The summed E-state index contributed by atoms with van der Waals surface area (Å²) in [4.78, 5) is 8.23. The molecule has 0 N–H and O–H groups in total. The fourth-order valence-corrected chi connectivity index (χ4v) is 2.97. The molecular formula is C20H18ClN3. The molecule has 1 heterocycles. The summed E-state index contributed by atoms with van der Waals surface area (Å²) in [6.45, 7) is 11.8. The van der Waals surface area contributed by atoms with E-state index in [2.05, 4.69) is 26.5 Å². The molecule has 2 aromatic carbocycles. The van der Waals surface area contributed by atoms with Crippen LogP contribution >= 0.6 is 11.6 Å². The largest absolute Gasteiger partial charge is 0.378 e. The topological polar surface area (TPSA) is 10.8 Å². The number of benzene rings is 2. The predicted molar refractivity (Wildman–Crippen MR) is 99.7 cm³/mol. The van der Waals surface area contributed by atoms with Gasteiger partial charge >= 0.3 is 0 Å². The average Bonchev–Trinajstić information content (AvgIpc) is 2.64. The van der Waals surface area contributed by atoms with Gasteiger partial charge in [0.2, 0.25) is 5.69 Å². The van der Waals surface area contributed by atoms with Crippen LogP contribution in [-0.4, -0.2) is 37.6 Å². The smallest absolute Gasteiger partial charge is 0.209 e. The molecule has 1 aliphatic heterocycles. The number of hydrogen-bond acceptors (Lipinski definition) is 2. The number of anilines is 1. The zero-order valence-corrected chi connectivity index (χ0v) is 14.1. The van der Waals surface area contributed by atoms with Crippen LogP contribution in [0.25, 0.3) is 4.85 Å². The lowest BCUT2D eigenvalue weighted by Crippen LogP contribution is -2.46. The van der Waals surface area contributed by atoms with Gasteiger partial charge in [-0.2, -0.15) is 0 Å². The Labute approximate surface area is 148 Å². The number of hydrogen-bond donors (Lipinski definition) is 0. The minimum absolute atomic E-state index is 0.700. The van der Waals surface area contributed by atoms with Gasteiger partial charge in [0.25, 0.3) is 0 Å². The molecule has 0 aromatic heterocycles. The van der Waals surface area contributed by atoms with E-state index >= 15 is 0 Å². The van der Waals surface area contributed by atoms with Gasteiger partial charge in [0.1, 0.15) is 0 Å². The van der Waals surface area contributed by atoms with E-state index in [0.29, 0.717) is 5.02 Å². The van der Waals surface area contributed by atoms with Crippen LogP contribution in [-0.2, 0) is 0 Å². The minimum atomic E-state index is 0.700. The fourth-order valence-electron chi connectivity index (χ4n) is 2.78. The third-order valence-electron chi connectivity index (χ3n) is 4.11. The minimum Gasteiger partial charge on any atom is -0.378 e. The third-order valence-corrected chi connectivity index (χ3v) is 4.44. The second kappa shape index (κ2) is 7.88. The van der Waals surface area contributed by atoms with Crippen molar-refractivity contribution in [1.82, 2.24) is 4.90 Å². The summed E-state index contributed by atoms with van der Waals surface area (Å²) in [5, 5.41) is 0.700. The van der Waals surface area contributed by atoms with Crippen LogP contribution in [0.5, 0.6) is 0 Å². The van der Waals surface area contributed by atoms with Crippen LogP contribution in [0.3, 0.4) is 0 Å². The molecule has 4 heteroatoms. The van der Waals surface area contributed by atoms with Crippen LogP contribution < -0.4 is 4.90 Å². The van der Waals surface area contributed by atoms with Gasteiger partial charge in [-0.05, 0) is 18.2 Å². The van der Waals surface area contributed by atoms with Gasteiger partial charge in [-0.15, -0.1) is 0 Å². The summed E-state index contributed by atoms with van der Waals surface area (Å²) in [5.41, 5.74) is 2.64. The van der Waals surface area contributed by atoms with Crippen LogP contribution in [0, 0.1) is 18.4 Å². The summed E-state index contributed by atoms with van der Waals surface area (Å²) in [6.07, 6.45) is 0. The lowest BCUT2D eigenvalue weighted by molar-refractivity contribution is 0.288. The monoisotopic (exact) mass is 335 g/mol. The van der Waals surface area contributed by atoms with Gasteiger partial charge in [-0.25, -0.2) is 4.85 Å². The van der Waals surface area contributed by atoms with Crippen molar-refractivity contribution in [3.63, 3.8) is 0 Å². The number of halogens is 1. The third kappa shape index (κ3) is 3.89. The molecule has 2 aromatic rings. The number of para-hydroxylation sites is 2. The van der Waals surface area contributed by atoms with Crippen molar-refractivity contribution < 1.29 is 0 Å². The van der Waals surface area contributed by atoms with Gasteiger partial charge in [0.05, 0.1) is 18.1 Å². The summed E-state index contributed by atoms with van der Waals surface area (Å²) >= 11 is 6.11. The molecule has 1 fully saturated rings. The quantitative estimate of drug-likeness (QED) is 0.605. The van der Waals surface area contributed by atoms with Crippen molar-refractivity contribution in [2.45, 2.75) is 0 Å². The highest BCUT2D eigenvalue weighted by molar-refractivity contribution is 6.31. The molecule has 0 atom stereocenters. The average molecular weight is 336 g/mol.